The highest BCUT2D eigenvalue weighted by Crippen LogP contribution is 2.21. The standard InChI is InChI=1S/C22H32N4O2/c1-16(2)20-13-19(24-25(20)3)22(28)23-14-17-9-11-26(12-10-17)15-21(27)18-7-5-4-6-8-18/h4-8,13,16-17,21,27H,9-12,14-15H2,1-3H3,(H,23,28). The van der Waals surface area contributed by atoms with Crippen LogP contribution in [0.5, 0.6) is 0 Å². The van der Waals surface area contributed by atoms with Gasteiger partial charge in [0.05, 0.1) is 6.10 Å². The molecule has 0 spiro atoms. The van der Waals surface area contributed by atoms with E-state index in [9.17, 15) is 9.90 Å². The van der Waals surface area contributed by atoms with Crippen molar-refractivity contribution < 1.29 is 9.90 Å². The van der Waals surface area contributed by atoms with E-state index in [1.165, 1.54) is 0 Å². The van der Waals surface area contributed by atoms with E-state index >= 15 is 0 Å². The molecule has 1 aliphatic rings. The van der Waals surface area contributed by atoms with E-state index in [4.69, 9.17) is 0 Å². The normalized spacial score (nSPS) is 17.0. The smallest absolute Gasteiger partial charge is 0.271 e. The number of aliphatic hydroxyl groups excluding tert-OH is 1. The van der Waals surface area contributed by atoms with E-state index in [-0.39, 0.29) is 5.91 Å². The molecule has 6 heteroatoms. The molecule has 3 rings (SSSR count). The van der Waals surface area contributed by atoms with Crippen molar-refractivity contribution in [2.24, 2.45) is 13.0 Å². The molecule has 2 heterocycles. The van der Waals surface area contributed by atoms with Gasteiger partial charge in [-0.1, -0.05) is 44.2 Å². The number of β-amino-alcohol motifs (C(OH)–C–C–N with tert-alkyl or cyclic N) is 1. The lowest BCUT2D eigenvalue weighted by molar-refractivity contribution is 0.0850. The number of carbonyl (C=O) groups is 1. The Balaban J connectivity index is 1.42. The number of aromatic nitrogens is 2. The predicted octanol–water partition coefficient (Wildman–Crippen LogP) is 2.72. The average Bonchev–Trinajstić information content (AvgIpc) is 3.10. The van der Waals surface area contributed by atoms with Crippen LogP contribution in [0.2, 0.25) is 0 Å². The molecular weight excluding hydrogens is 352 g/mol. The summed E-state index contributed by atoms with van der Waals surface area (Å²) >= 11 is 0. The second-order valence-corrected chi connectivity index (χ2v) is 8.11. The predicted molar refractivity (Wildman–Crippen MR) is 110 cm³/mol. The zero-order valence-corrected chi connectivity index (χ0v) is 17.1. The Morgan fingerprint density at radius 1 is 1.25 bits per heavy atom. The van der Waals surface area contributed by atoms with Crippen molar-refractivity contribution in [2.45, 2.75) is 38.7 Å². The van der Waals surface area contributed by atoms with Crippen LogP contribution in [0.25, 0.3) is 0 Å². The Labute approximate surface area is 167 Å². The van der Waals surface area contributed by atoms with Crippen LogP contribution in [0, 0.1) is 5.92 Å². The van der Waals surface area contributed by atoms with Crippen LogP contribution in [0.3, 0.4) is 0 Å². The number of aryl methyl sites for hydroxylation is 1. The number of nitrogens with zero attached hydrogens (tertiary/aromatic N) is 3. The van der Waals surface area contributed by atoms with Gasteiger partial charge in [-0.3, -0.25) is 9.48 Å². The third kappa shape index (κ3) is 5.20. The highest BCUT2D eigenvalue weighted by molar-refractivity contribution is 5.92. The molecule has 28 heavy (non-hydrogen) atoms. The number of likely N-dealkylation sites (tertiary alicyclic amines) is 1. The molecule has 1 unspecified atom stereocenters. The topological polar surface area (TPSA) is 70.4 Å². The lowest BCUT2D eigenvalue weighted by atomic mass is 9.96. The Hall–Kier alpha value is -2.18. The van der Waals surface area contributed by atoms with E-state index in [1.807, 2.05) is 43.4 Å². The van der Waals surface area contributed by atoms with Crippen molar-refractivity contribution in [3.05, 3.63) is 53.3 Å². The fourth-order valence-corrected chi connectivity index (χ4v) is 3.86. The largest absolute Gasteiger partial charge is 0.387 e. The minimum Gasteiger partial charge on any atom is -0.387 e. The second-order valence-electron chi connectivity index (χ2n) is 8.11. The summed E-state index contributed by atoms with van der Waals surface area (Å²) < 4.78 is 1.79. The molecule has 1 aromatic heterocycles. The van der Waals surface area contributed by atoms with Gasteiger partial charge in [0.2, 0.25) is 0 Å². The van der Waals surface area contributed by atoms with Crippen LogP contribution in [0.4, 0.5) is 0 Å². The van der Waals surface area contributed by atoms with Crippen molar-refractivity contribution in [3.63, 3.8) is 0 Å². The van der Waals surface area contributed by atoms with Crippen LogP contribution < -0.4 is 5.32 Å². The molecule has 1 saturated heterocycles. The molecule has 152 valence electrons. The molecule has 1 aliphatic heterocycles. The molecule has 0 bridgehead atoms. The molecule has 2 N–H and O–H groups in total. The van der Waals surface area contributed by atoms with Crippen LogP contribution in [0.1, 0.15) is 60.5 Å². The second kappa shape index (κ2) is 9.34. The van der Waals surface area contributed by atoms with Gasteiger partial charge in [-0.25, -0.2) is 0 Å². The van der Waals surface area contributed by atoms with Gasteiger partial charge >= 0.3 is 0 Å². The Morgan fingerprint density at radius 2 is 1.93 bits per heavy atom. The summed E-state index contributed by atoms with van der Waals surface area (Å²) in [4.78, 5) is 14.7. The quantitative estimate of drug-likeness (QED) is 0.770. The molecule has 6 nitrogen and oxygen atoms in total. The Morgan fingerprint density at radius 3 is 2.54 bits per heavy atom. The van der Waals surface area contributed by atoms with Crippen molar-refractivity contribution in [3.8, 4) is 0 Å². The molecular formula is C22H32N4O2. The highest BCUT2D eigenvalue weighted by Gasteiger charge is 2.22. The average molecular weight is 385 g/mol. The number of piperidine rings is 1. The zero-order chi connectivity index (χ0) is 20.1. The molecule has 0 radical (unpaired) electrons. The summed E-state index contributed by atoms with van der Waals surface area (Å²) in [6, 6.07) is 11.7. The third-order valence-corrected chi connectivity index (χ3v) is 5.61. The number of carbonyl (C=O) groups excluding carboxylic acids is 1. The summed E-state index contributed by atoms with van der Waals surface area (Å²) in [6.07, 6.45) is 1.61. The summed E-state index contributed by atoms with van der Waals surface area (Å²) in [6.45, 7) is 7.44. The Kier molecular flexibility index (Phi) is 6.86. The maximum Gasteiger partial charge on any atom is 0.271 e. The third-order valence-electron chi connectivity index (χ3n) is 5.61. The zero-order valence-electron chi connectivity index (χ0n) is 17.1. The SMILES string of the molecule is CC(C)c1cc(C(=O)NCC2CCN(CC(O)c3ccccc3)CC2)nn1C. The summed E-state index contributed by atoms with van der Waals surface area (Å²) in [5.74, 6) is 0.724. The summed E-state index contributed by atoms with van der Waals surface area (Å²) in [5, 5.41) is 17.8. The molecule has 1 atom stereocenters. The van der Waals surface area contributed by atoms with Gasteiger partial charge in [-0.05, 0) is 49.4 Å². The summed E-state index contributed by atoms with van der Waals surface area (Å²) in [5.41, 5.74) is 2.53. The lowest BCUT2D eigenvalue weighted by Gasteiger charge is -2.33. The first kappa shape index (κ1) is 20.6. The van der Waals surface area contributed by atoms with Crippen LogP contribution in [-0.4, -0.2) is 51.9 Å². The fraction of sp³-hybridized carbons (Fsp3) is 0.545. The van der Waals surface area contributed by atoms with Gasteiger partial charge in [-0.15, -0.1) is 0 Å². The molecule has 1 aromatic carbocycles. The monoisotopic (exact) mass is 384 g/mol. The van der Waals surface area contributed by atoms with Crippen LogP contribution in [0.15, 0.2) is 36.4 Å². The first-order valence-electron chi connectivity index (χ1n) is 10.2. The molecule has 0 aliphatic carbocycles. The first-order chi connectivity index (χ1) is 13.4. The van der Waals surface area contributed by atoms with E-state index in [1.54, 1.807) is 4.68 Å². The first-order valence-corrected chi connectivity index (χ1v) is 10.2. The van der Waals surface area contributed by atoms with E-state index in [2.05, 4.69) is 29.2 Å². The summed E-state index contributed by atoms with van der Waals surface area (Å²) in [7, 11) is 1.88. The van der Waals surface area contributed by atoms with E-state index in [0.29, 0.717) is 30.6 Å². The highest BCUT2D eigenvalue weighted by atomic mass is 16.3. The van der Waals surface area contributed by atoms with Gasteiger partial charge < -0.3 is 15.3 Å². The molecule has 0 saturated carbocycles. The molecule has 2 aromatic rings. The number of hydrogen-bond acceptors (Lipinski definition) is 4. The van der Waals surface area contributed by atoms with Gasteiger partial charge in [0.25, 0.3) is 5.91 Å². The number of benzene rings is 1. The number of amides is 1. The Bertz CT molecular complexity index is 764. The maximum atomic E-state index is 12.4. The number of aliphatic hydroxyl groups is 1. The lowest BCUT2D eigenvalue weighted by Crippen LogP contribution is -2.40. The van der Waals surface area contributed by atoms with Crippen LogP contribution in [-0.2, 0) is 7.05 Å². The minimum atomic E-state index is -0.447. The van der Waals surface area contributed by atoms with Crippen LogP contribution >= 0.6 is 0 Å². The molecule has 1 fully saturated rings. The minimum absolute atomic E-state index is 0.0931. The number of nitrogens with one attached hydrogen (secondary N) is 1. The van der Waals surface area contributed by atoms with Crippen molar-refractivity contribution in [1.82, 2.24) is 20.0 Å². The van der Waals surface area contributed by atoms with Gasteiger partial charge in [0.1, 0.15) is 5.69 Å². The maximum absolute atomic E-state index is 12.4. The number of hydrogen-bond donors (Lipinski definition) is 2. The van der Waals surface area contributed by atoms with Gasteiger partial charge in [0.15, 0.2) is 0 Å². The van der Waals surface area contributed by atoms with E-state index < -0.39 is 6.10 Å². The van der Waals surface area contributed by atoms with Gasteiger partial charge in [-0.2, -0.15) is 5.10 Å². The van der Waals surface area contributed by atoms with Crippen molar-refractivity contribution >= 4 is 5.91 Å². The van der Waals surface area contributed by atoms with E-state index in [0.717, 1.165) is 37.2 Å². The van der Waals surface area contributed by atoms with Gasteiger partial charge in [0, 0.05) is 25.8 Å². The fourth-order valence-electron chi connectivity index (χ4n) is 3.86. The van der Waals surface area contributed by atoms with Crippen molar-refractivity contribution in [2.75, 3.05) is 26.2 Å². The number of rotatable bonds is 7. The van der Waals surface area contributed by atoms with Crippen molar-refractivity contribution in [1.29, 1.82) is 0 Å². The molecule has 1 amide bonds.